The van der Waals surface area contributed by atoms with Gasteiger partial charge in [-0.05, 0) is 43.7 Å². The van der Waals surface area contributed by atoms with Crippen molar-refractivity contribution in [2.45, 2.75) is 51.9 Å². The van der Waals surface area contributed by atoms with Gasteiger partial charge in [0, 0.05) is 10.4 Å². The molecular formula is C20H25NO2S. The van der Waals surface area contributed by atoms with Crippen LogP contribution in [0.25, 0.3) is 11.1 Å². The van der Waals surface area contributed by atoms with Crippen LogP contribution in [0.5, 0.6) is 0 Å². The number of ether oxygens (including phenoxy) is 1. The Labute approximate surface area is 147 Å². The third-order valence-electron chi connectivity index (χ3n) is 4.87. The molecule has 0 aliphatic heterocycles. The van der Waals surface area contributed by atoms with Crippen molar-refractivity contribution in [3.05, 3.63) is 40.3 Å². The SMILES string of the molecule is CCOC(=O)c1c(N)sc(C)c1-c1ccc(C2CCCCC2)cc1. The average molecular weight is 343 g/mol. The van der Waals surface area contributed by atoms with Crippen LogP contribution in [0, 0.1) is 6.92 Å². The number of carbonyl (C=O) groups is 1. The molecule has 2 N–H and O–H groups in total. The number of nitrogen functional groups attached to an aromatic ring is 1. The molecule has 1 fully saturated rings. The second-order valence-electron chi connectivity index (χ2n) is 6.45. The van der Waals surface area contributed by atoms with Crippen molar-refractivity contribution in [3.63, 3.8) is 0 Å². The number of carbonyl (C=O) groups excluding carboxylic acids is 1. The topological polar surface area (TPSA) is 52.3 Å². The number of aryl methyl sites for hydroxylation is 1. The van der Waals surface area contributed by atoms with E-state index < -0.39 is 0 Å². The number of hydrogen-bond donors (Lipinski definition) is 1. The summed E-state index contributed by atoms with van der Waals surface area (Å²) >= 11 is 1.45. The fraction of sp³-hybridized carbons (Fsp3) is 0.450. The van der Waals surface area contributed by atoms with Gasteiger partial charge in [-0.1, -0.05) is 43.5 Å². The summed E-state index contributed by atoms with van der Waals surface area (Å²) in [6, 6.07) is 8.68. The van der Waals surface area contributed by atoms with E-state index in [4.69, 9.17) is 10.5 Å². The predicted octanol–water partition coefficient (Wildman–Crippen LogP) is 5.53. The molecule has 128 valence electrons. The molecule has 2 aromatic rings. The fourth-order valence-corrected chi connectivity index (χ4v) is 4.62. The van der Waals surface area contributed by atoms with E-state index in [2.05, 4.69) is 24.3 Å². The van der Waals surface area contributed by atoms with Crippen molar-refractivity contribution < 1.29 is 9.53 Å². The number of nitrogens with two attached hydrogens (primary N) is 1. The van der Waals surface area contributed by atoms with Crippen LogP contribution >= 0.6 is 11.3 Å². The van der Waals surface area contributed by atoms with Gasteiger partial charge in [0.2, 0.25) is 0 Å². The molecule has 1 aliphatic rings. The van der Waals surface area contributed by atoms with Crippen molar-refractivity contribution in [2.24, 2.45) is 0 Å². The zero-order chi connectivity index (χ0) is 17.1. The van der Waals surface area contributed by atoms with Gasteiger partial charge in [-0.25, -0.2) is 4.79 Å². The second-order valence-corrected chi connectivity index (χ2v) is 7.71. The maximum Gasteiger partial charge on any atom is 0.341 e. The molecule has 3 nitrogen and oxygen atoms in total. The largest absolute Gasteiger partial charge is 0.462 e. The van der Waals surface area contributed by atoms with Crippen molar-refractivity contribution >= 4 is 22.3 Å². The molecule has 1 aliphatic carbocycles. The quantitative estimate of drug-likeness (QED) is 0.743. The minimum absolute atomic E-state index is 0.328. The number of anilines is 1. The molecule has 1 aromatic heterocycles. The first-order valence-corrected chi connectivity index (χ1v) is 9.59. The molecule has 0 bridgehead atoms. The van der Waals surface area contributed by atoms with Crippen LogP contribution < -0.4 is 5.73 Å². The van der Waals surface area contributed by atoms with E-state index in [1.165, 1.54) is 49.0 Å². The van der Waals surface area contributed by atoms with Crippen LogP contribution in [0.2, 0.25) is 0 Å². The van der Waals surface area contributed by atoms with Gasteiger partial charge < -0.3 is 10.5 Å². The Morgan fingerprint density at radius 3 is 2.50 bits per heavy atom. The Balaban J connectivity index is 1.93. The van der Waals surface area contributed by atoms with E-state index in [0.29, 0.717) is 23.1 Å². The molecular weight excluding hydrogens is 318 g/mol. The lowest BCUT2D eigenvalue weighted by molar-refractivity contribution is 0.0529. The maximum atomic E-state index is 12.3. The first kappa shape index (κ1) is 17.0. The summed E-state index contributed by atoms with van der Waals surface area (Å²) in [5, 5.41) is 0.539. The Kier molecular flexibility index (Phi) is 5.24. The minimum Gasteiger partial charge on any atom is -0.462 e. The molecule has 0 spiro atoms. The van der Waals surface area contributed by atoms with Crippen LogP contribution in [0.15, 0.2) is 24.3 Å². The third kappa shape index (κ3) is 3.34. The highest BCUT2D eigenvalue weighted by atomic mass is 32.1. The summed E-state index contributed by atoms with van der Waals surface area (Å²) in [6.07, 6.45) is 6.61. The molecule has 0 unspecified atom stereocenters. The van der Waals surface area contributed by atoms with Gasteiger partial charge >= 0.3 is 5.97 Å². The molecule has 4 heteroatoms. The highest BCUT2D eigenvalue weighted by Crippen LogP contribution is 2.40. The molecule has 1 saturated carbocycles. The Morgan fingerprint density at radius 1 is 1.21 bits per heavy atom. The van der Waals surface area contributed by atoms with Gasteiger partial charge in [-0.3, -0.25) is 0 Å². The Hall–Kier alpha value is -1.81. The van der Waals surface area contributed by atoms with Crippen LogP contribution in [0.1, 0.15) is 65.7 Å². The molecule has 0 radical (unpaired) electrons. The van der Waals surface area contributed by atoms with Crippen molar-refractivity contribution in [3.8, 4) is 11.1 Å². The monoisotopic (exact) mass is 343 g/mol. The van der Waals surface area contributed by atoms with E-state index in [1.54, 1.807) is 0 Å². The standard InChI is InChI=1S/C20H25NO2S/c1-3-23-20(22)18-17(13(2)24-19(18)21)16-11-9-15(10-12-16)14-7-5-4-6-8-14/h9-12,14H,3-8,21H2,1-2H3. The number of hydrogen-bond acceptors (Lipinski definition) is 4. The molecule has 0 amide bonds. The summed E-state index contributed by atoms with van der Waals surface area (Å²) in [6.45, 7) is 4.17. The van der Waals surface area contributed by atoms with Gasteiger partial charge in [0.05, 0.1) is 6.61 Å². The van der Waals surface area contributed by atoms with E-state index in [-0.39, 0.29) is 5.97 Å². The highest BCUT2D eigenvalue weighted by molar-refractivity contribution is 7.16. The van der Waals surface area contributed by atoms with E-state index in [0.717, 1.165) is 16.0 Å². The lowest BCUT2D eigenvalue weighted by atomic mass is 9.83. The average Bonchev–Trinajstić information content (AvgIpc) is 2.90. The fourth-order valence-electron chi connectivity index (χ4n) is 3.68. The number of benzene rings is 1. The van der Waals surface area contributed by atoms with Crippen LogP contribution in [0.3, 0.4) is 0 Å². The molecule has 3 rings (SSSR count). The Bertz CT molecular complexity index is 712. The first-order valence-electron chi connectivity index (χ1n) is 8.78. The normalized spacial score (nSPS) is 15.4. The summed E-state index contributed by atoms with van der Waals surface area (Å²) < 4.78 is 5.19. The molecule has 0 atom stereocenters. The van der Waals surface area contributed by atoms with E-state index in [1.807, 2.05) is 13.8 Å². The van der Waals surface area contributed by atoms with Crippen molar-refractivity contribution in [2.75, 3.05) is 12.3 Å². The maximum absolute atomic E-state index is 12.3. The van der Waals surface area contributed by atoms with Gasteiger partial charge in [0.1, 0.15) is 10.6 Å². The summed E-state index contributed by atoms with van der Waals surface area (Å²) in [5.41, 5.74) is 9.97. The number of rotatable bonds is 4. The number of thiophene rings is 1. The van der Waals surface area contributed by atoms with Gasteiger partial charge in [0.15, 0.2) is 0 Å². The van der Waals surface area contributed by atoms with Crippen LogP contribution in [0.4, 0.5) is 5.00 Å². The van der Waals surface area contributed by atoms with Crippen molar-refractivity contribution in [1.29, 1.82) is 0 Å². The minimum atomic E-state index is -0.328. The third-order valence-corrected chi connectivity index (χ3v) is 5.80. The molecule has 24 heavy (non-hydrogen) atoms. The predicted molar refractivity (Wildman–Crippen MR) is 101 cm³/mol. The van der Waals surface area contributed by atoms with Gasteiger partial charge in [-0.2, -0.15) is 0 Å². The zero-order valence-electron chi connectivity index (χ0n) is 14.4. The molecule has 1 aromatic carbocycles. The highest BCUT2D eigenvalue weighted by Gasteiger charge is 2.23. The molecule has 1 heterocycles. The van der Waals surface area contributed by atoms with Crippen molar-refractivity contribution in [1.82, 2.24) is 0 Å². The van der Waals surface area contributed by atoms with Crippen LogP contribution in [-0.2, 0) is 4.74 Å². The molecule has 0 saturated heterocycles. The Morgan fingerprint density at radius 2 is 1.88 bits per heavy atom. The zero-order valence-corrected chi connectivity index (χ0v) is 15.2. The summed E-state index contributed by atoms with van der Waals surface area (Å²) in [4.78, 5) is 13.3. The van der Waals surface area contributed by atoms with Crippen LogP contribution in [-0.4, -0.2) is 12.6 Å². The summed E-state index contributed by atoms with van der Waals surface area (Å²) in [7, 11) is 0. The number of esters is 1. The smallest absolute Gasteiger partial charge is 0.341 e. The van der Waals surface area contributed by atoms with E-state index in [9.17, 15) is 4.79 Å². The van der Waals surface area contributed by atoms with E-state index >= 15 is 0 Å². The lowest BCUT2D eigenvalue weighted by Gasteiger charge is -2.22. The second kappa shape index (κ2) is 7.39. The summed E-state index contributed by atoms with van der Waals surface area (Å²) in [5.74, 6) is 0.358. The van der Waals surface area contributed by atoms with Gasteiger partial charge in [-0.15, -0.1) is 11.3 Å². The lowest BCUT2D eigenvalue weighted by Crippen LogP contribution is -2.07. The first-order chi connectivity index (χ1) is 11.6. The van der Waals surface area contributed by atoms with Gasteiger partial charge in [0.25, 0.3) is 0 Å².